The number of non-ortho nitro benzene ring substituents is 1. The standard InChI is InChI=1S/C15H16N2O3S/c18-10-11-8-13(17(19)20)5-6-15(11)16(12-3-4-12)9-14-2-1-7-21-14/h1-2,5-8,12,18H,3-4,9-10H2. The van der Waals surface area contributed by atoms with Crippen LogP contribution in [0.4, 0.5) is 11.4 Å². The molecule has 110 valence electrons. The monoisotopic (exact) mass is 304 g/mol. The van der Waals surface area contributed by atoms with Gasteiger partial charge < -0.3 is 10.0 Å². The van der Waals surface area contributed by atoms with Crippen molar-refractivity contribution in [3.05, 3.63) is 56.3 Å². The van der Waals surface area contributed by atoms with Gasteiger partial charge in [-0.3, -0.25) is 10.1 Å². The zero-order valence-electron chi connectivity index (χ0n) is 11.4. The number of nitrogens with zero attached hydrogens (tertiary/aromatic N) is 2. The van der Waals surface area contributed by atoms with E-state index in [2.05, 4.69) is 11.0 Å². The minimum Gasteiger partial charge on any atom is -0.392 e. The lowest BCUT2D eigenvalue weighted by molar-refractivity contribution is -0.384. The highest BCUT2D eigenvalue weighted by Crippen LogP contribution is 2.36. The molecule has 1 aliphatic rings. The third kappa shape index (κ3) is 3.06. The van der Waals surface area contributed by atoms with E-state index in [-0.39, 0.29) is 12.3 Å². The van der Waals surface area contributed by atoms with Crippen LogP contribution in [0.1, 0.15) is 23.3 Å². The van der Waals surface area contributed by atoms with Crippen LogP contribution in [0.5, 0.6) is 0 Å². The van der Waals surface area contributed by atoms with Gasteiger partial charge in [-0.2, -0.15) is 0 Å². The number of aliphatic hydroxyl groups excluding tert-OH is 1. The van der Waals surface area contributed by atoms with Crippen LogP contribution in [-0.4, -0.2) is 16.1 Å². The maximum atomic E-state index is 10.9. The molecule has 6 heteroatoms. The zero-order valence-corrected chi connectivity index (χ0v) is 12.3. The molecular weight excluding hydrogens is 288 g/mol. The van der Waals surface area contributed by atoms with Gasteiger partial charge in [0.25, 0.3) is 5.69 Å². The Morgan fingerprint density at radius 3 is 2.76 bits per heavy atom. The van der Waals surface area contributed by atoms with E-state index in [9.17, 15) is 15.2 Å². The Balaban J connectivity index is 1.93. The lowest BCUT2D eigenvalue weighted by atomic mass is 10.1. The predicted octanol–water partition coefficient (Wildman–Crippen LogP) is 3.32. The van der Waals surface area contributed by atoms with Gasteiger partial charge in [0.05, 0.1) is 18.1 Å². The molecule has 1 N–H and O–H groups in total. The third-order valence-electron chi connectivity index (χ3n) is 3.65. The fourth-order valence-electron chi connectivity index (χ4n) is 2.46. The summed E-state index contributed by atoms with van der Waals surface area (Å²) in [6.45, 7) is 0.595. The quantitative estimate of drug-likeness (QED) is 0.656. The molecule has 0 bridgehead atoms. The molecule has 1 fully saturated rings. The number of anilines is 1. The van der Waals surface area contributed by atoms with Crippen molar-refractivity contribution in [2.24, 2.45) is 0 Å². The van der Waals surface area contributed by atoms with Crippen molar-refractivity contribution in [2.45, 2.75) is 32.0 Å². The Kier molecular flexibility index (Phi) is 3.90. The Hall–Kier alpha value is -1.92. The number of rotatable bonds is 6. The van der Waals surface area contributed by atoms with Gasteiger partial charge in [-0.1, -0.05) is 6.07 Å². The molecule has 0 saturated heterocycles. The molecule has 1 aliphatic carbocycles. The van der Waals surface area contributed by atoms with Gasteiger partial charge in [0.2, 0.25) is 0 Å². The lowest BCUT2D eigenvalue weighted by Crippen LogP contribution is -2.25. The maximum absolute atomic E-state index is 10.9. The number of nitro benzene ring substituents is 1. The van der Waals surface area contributed by atoms with E-state index in [1.54, 1.807) is 17.4 Å². The van der Waals surface area contributed by atoms with Crippen LogP contribution >= 0.6 is 11.3 Å². The Labute approximate surface area is 126 Å². The fourth-order valence-corrected chi connectivity index (χ4v) is 3.16. The topological polar surface area (TPSA) is 66.6 Å². The SMILES string of the molecule is O=[N+]([O-])c1ccc(N(Cc2cccs2)C2CC2)c(CO)c1. The lowest BCUT2D eigenvalue weighted by Gasteiger charge is -2.26. The summed E-state index contributed by atoms with van der Waals surface area (Å²) < 4.78 is 0. The first-order valence-corrected chi connectivity index (χ1v) is 7.74. The van der Waals surface area contributed by atoms with E-state index in [1.165, 1.54) is 17.0 Å². The molecule has 0 unspecified atom stereocenters. The van der Waals surface area contributed by atoms with E-state index in [1.807, 2.05) is 11.4 Å². The van der Waals surface area contributed by atoms with Crippen molar-refractivity contribution in [3.63, 3.8) is 0 Å². The van der Waals surface area contributed by atoms with Gasteiger partial charge in [0.1, 0.15) is 0 Å². The summed E-state index contributed by atoms with van der Waals surface area (Å²) in [4.78, 5) is 13.9. The second-order valence-electron chi connectivity index (χ2n) is 5.17. The maximum Gasteiger partial charge on any atom is 0.269 e. The van der Waals surface area contributed by atoms with E-state index in [0.29, 0.717) is 11.6 Å². The van der Waals surface area contributed by atoms with Crippen molar-refractivity contribution >= 4 is 22.7 Å². The Bertz CT molecular complexity index is 638. The van der Waals surface area contributed by atoms with Crippen LogP contribution in [0, 0.1) is 10.1 Å². The highest BCUT2D eigenvalue weighted by molar-refractivity contribution is 7.09. The minimum atomic E-state index is -0.427. The van der Waals surface area contributed by atoms with E-state index < -0.39 is 4.92 Å². The summed E-state index contributed by atoms with van der Waals surface area (Å²) in [6.07, 6.45) is 2.26. The molecule has 2 aromatic rings. The molecule has 1 heterocycles. The number of thiophene rings is 1. The van der Waals surface area contributed by atoms with Gasteiger partial charge >= 0.3 is 0 Å². The molecule has 0 amide bonds. The van der Waals surface area contributed by atoms with Crippen LogP contribution in [-0.2, 0) is 13.2 Å². The number of hydrogen-bond acceptors (Lipinski definition) is 5. The number of aliphatic hydroxyl groups is 1. The van der Waals surface area contributed by atoms with Crippen molar-refractivity contribution in [2.75, 3.05) is 4.90 Å². The Morgan fingerprint density at radius 2 is 2.19 bits per heavy atom. The largest absolute Gasteiger partial charge is 0.392 e. The van der Waals surface area contributed by atoms with Crippen molar-refractivity contribution < 1.29 is 10.0 Å². The molecule has 1 aromatic heterocycles. The summed E-state index contributed by atoms with van der Waals surface area (Å²) >= 11 is 1.70. The zero-order chi connectivity index (χ0) is 14.8. The first kappa shape index (κ1) is 14.0. The average Bonchev–Trinajstić information content (AvgIpc) is 3.21. The van der Waals surface area contributed by atoms with Gasteiger partial charge in [-0.05, 0) is 30.4 Å². The van der Waals surface area contributed by atoms with Crippen LogP contribution < -0.4 is 4.90 Å². The van der Waals surface area contributed by atoms with E-state index in [0.717, 1.165) is 25.1 Å². The molecular formula is C15H16N2O3S. The Morgan fingerprint density at radius 1 is 1.38 bits per heavy atom. The second kappa shape index (κ2) is 5.83. The number of benzene rings is 1. The smallest absolute Gasteiger partial charge is 0.269 e. The molecule has 0 spiro atoms. The first-order chi connectivity index (χ1) is 10.2. The minimum absolute atomic E-state index is 0.0228. The second-order valence-corrected chi connectivity index (χ2v) is 6.20. The van der Waals surface area contributed by atoms with Crippen LogP contribution in [0.15, 0.2) is 35.7 Å². The van der Waals surface area contributed by atoms with Crippen LogP contribution in [0.2, 0.25) is 0 Å². The summed E-state index contributed by atoms with van der Waals surface area (Å²) in [6, 6.07) is 9.32. The predicted molar refractivity (Wildman–Crippen MR) is 82.5 cm³/mol. The summed E-state index contributed by atoms with van der Waals surface area (Å²) in [7, 11) is 0. The van der Waals surface area contributed by atoms with Crippen molar-refractivity contribution in [3.8, 4) is 0 Å². The summed E-state index contributed by atoms with van der Waals surface area (Å²) in [5.74, 6) is 0. The van der Waals surface area contributed by atoms with E-state index >= 15 is 0 Å². The van der Waals surface area contributed by atoms with E-state index in [4.69, 9.17) is 0 Å². The normalized spacial score (nSPS) is 14.1. The van der Waals surface area contributed by atoms with Gasteiger partial charge in [-0.15, -0.1) is 11.3 Å². The summed E-state index contributed by atoms with van der Waals surface area (Å²) in [5, 5.41) is 22.5. The molecule has 5 nitrogen and oxygen atoms in total. The molecule has 0 aliphatic heterocycles. The van der Waals surface area contributed by atoms with Gasteiger partial charge in [-0.25, -0.2) is 0 Å². The molecule has 0 radical (unpaired) electrons. The molecule has 1 saturated carbocycles. The number of hydrogen-bond donors (Lipinski definition) is 1. The highest BCUT2D eigenvalue weighted by Gasteiger charge is 2.31. The molecule has 1 aromatic carbocycles. The van der Waals surface area contributed by atoms with Crippen LogP contribution in [0.3, 0.4) is 0 Å². The van der Waals surface area contributed by atoms with Crippen LogP contribution in [0.25, 0.3) is 0 Å². The van der Waals surface area contributed by atoms with Crippen molar-refractivity contribution in [1.82, 2.24) is 0 Å². The third-order valence-corrected chi connectivity index (χ3v) is 4.51. The molecule has 3 rings (SSSR count). The number of nitro groups is 1. The summed E-state index contributed by atoms with van der Waals surface area (Å²) in [5.41, 5.74) is 1.54. The van der Waals surface area contributed by atoms with Gasteiger partial charge in [0, 0.05) is 34.3 Å². The fraction of sp³-hybridized carbons (Fsp3) is 0.333. The molecule has 0 atom stereocenters. The highest BCUT2D eigenvalue weighted by atomic mass is 32.1. The first-order valence-electron chi connectivity index (χ1n) is 6.86. The van der Waals surface area contributed by atoms with Crippen molar-refractivity contribution in [1.29, 1.82) is 0 Å². The van der Waals surface area contributed by atoms with Gasteiger partial charge in [0.15, 0.2) is 0 Å². The molecule has 21 heavy (non-hydrogen) atoms. The average molecular weight is 304 g/mol.